The van der Waals surface area contributed by atoms with E-state index in [0.29, 0.717) is 19.0 Å². The quantitative estimate of drug-likeness (QED) is 0.842. The lowest BCUT2D eigenvalue weighted by molar-refractivity contribution is -0.134. The van der Waals surface area contributed by atoms with E-state index in [1.54, 1.807) is 0 Å². The molecule has 2 saturated heterocycles. The first-order chi connectivity index (χ1) is 13.4. The Balaban J connectivity index is 1.40. The molecule has 0 radical (unpaired) electrons. The molecule has 2 aliphatic heterocycles. The van der Waals surface area contributed by atoms with Gasteiger partial charge in [0.1, 0.15) is 0 Å². The van der Waals surface area contributed by atoms with Crippen LogP contribution in [-0.2, 0) is 9.59 Å². The number of amides is 2. The van der Waals surface area contributed by atoms with E-state index >= 15 is 0 Å². The Hall–Kier alpha value is -1.92. The number of hydrogen-bond donors (Lipinski definition) is 1. The topological polar surface area (TPSA) is 55.9 Å². The molecule has 1 atom stereocenters. The predicted octanol–water partition coefficient (Wildman–Crippen LogP) is 2.12. The standard InChI is InChI=1S/C22H34N4O2/c1-17-6-5-9-26(14-17)22(28)16-25-12-10-24(11-13-25)15-21(27)23-20-8-4-7-18(2)19(20)3/h4,7-8,17H,5-6,9-16H2,1-3H3,(H,23,27)/t17-/m0/s1. The van der Waals surface area contributed by atoms with Crippen LogP contribution in [0.2, 0.25) is 0 Å². The van der Waals surface area contributed by atoms with Crippen molar-refractivity contribution >= 4 is 17.5 Å². The summed E-state index contributed by atoms with van der Waals surface area (Å²) < 4.78 is 0. The number of likely N-dealkylation sites (tertiary alicyclic amines) is 1. The van der Waals surface area contributed by atoms with Crippen molar-refractivity contribution in [3.8, 4) is 0 Å². The third-order valence-electron chi connectivity index (χ3n) is 6.08. The Kier molecular flexibility index (Phi) is 7.08. The number of anilines is 1. The normalized spacial score (nSPS) is 21.5. The molecule has 1 aromatic carbocycles. The Labute approximate surface area is 168 Å². The minimum Gasteiger partial charge on any atom is -0.341 e. The summed E-state index contributed by atoms with van der Waals surface area (Å²) >= 11 is 0. The highest BCUT2D eigenvalue weighted by Gasteiger charge is 2.25. The molecule has 3 rings (SSSR count). The van der Waals surface area contributed by atoms with E-state index < -0.39 is 0 Å². The van der Waals surface area contributed by atoms with Crippen molar-refractivity contribution in [3.05, 3.63) is 29.3 Å². The molecule has 0 saturated carbocycles. The van der Waals surface area contributed by atoms with Crippen LogP contribution >= 0.6 is 0 Å². The molecular formula is C22H34N4O2. The SMILES string of the molecule is Cc1cccc(NC(=O)CN2CCN(CC(=O)N3CCC[C@H](C)C3)CC2)c1C. The van der Waals surface area contributed by atoms with Crippen molar-refractivity contribution in [2.45, 2.75) is 33.6 Å². The van der Waals surface area contributed by atoms with Gasteiger partial charge in [-0.3, -0.25) is 19.4 Å². The third-order valence-corrected chi connectivity index (χ3v) is 6.08. The van der Waals surface area contributed by atoms with Crippen LogP contribution in [0, 0.1) is 19.8 Å². The Bertz CT molecular complexity index is 698. The first kappa shape index (κ1) is 20.8. The van der Waals surface area contributed by atoms with Crippen LogP contribution in [-0.4, -0.2) is 78.9 Å². The fraction of sp³-hybridized carbons (Fsp3) is 0.636. The lowest BCUT2D eigenvalue weighted by Gasteiger charge is -2.36. The second-order valence-corrected chi connectivity index (χ2v) is 8.44. The Morgan fingerprint density at radius 3 is 2.39 bits per heavy atom. The zero-order chi connectivity index (χ0) is 20.1. The van der Waals surface area contributed by atoms with E-state index in [1.807, 2.05) is 24.0 Å². The molecule has 1 N–H and O–H groups in total. The summed E-state index contributed by atoms with van der Waals surface area (Å²) in [5.74, 6) is 0.901. The summed E-state index contributed by atoms with van der Waals surface area (Å²) in [5, 5.41) is 3.03. The molecule has 154 valence electrons. The van der Waals surface area contributed by atoms with Gasteiger partial charge >= 0.3 is 0 Å². The van der Waals surface area contributed by atoms with E-state index in [1.165, 1.54) is 12.0 Å². The van der Waals surface area contributed by atoms with Gasteiger partial charge in [0.2, 0.25) is 11.8 Å². The average molecular weight is 387 g/mol. The van der Waals surface area contributed by atoms with E-state index in [-0.39, 0.29) is 11.8 Å². The fourth-order valence-electron chi connectivity index (χ4n) is 4.09. The average Bonchev–Trinajstić information content (AvgIpc) is 2.67. The lowest BCUT2D eigenvalue weighted by Crippen LogP contribution is -2.52. The predicted molar refractivity (Wildman–Crippen MR) is 112 cm³/mol. The Morgan fingerprint density at radius 1 is 1.04 bits per heavy atom. The van der Waals surface area contributed by atoms with Gasteiger partial charge in [-0.05, 0) is 49.8 Å². The van der Waals surface area contributed by atoms with Crippen molar-refractivity contribution in [3.63, 3.8) is 0 Å². The van der Waals surface area contributed by atoms with Gasteiger partial charge in [0.25, 0.3) is 0 Å². The summed E-state index contributed by atoms with van der Waals surface area (Å²) in [4.78, 5) is 31.4. The van der Waals surface area contributed by atoms with Gasteiger partial charge in [-0.1, -0.05) is 19.1 Å². The first-order valence-corrected chi connectivity index (χ1v) is 10.5. The largest absolute Gasteiger partial charge is 0.341 e. The van der Waals surface area contributed by atoms with Crippen molar-refractivity contribution in [2.24, 2.45) is 5.92 Å². The van der Waals surface area contributed by atoms with Gasteiger partial charge in [0.05, 0.1) is 13.1 Å². The number of aryl methyl sites for hydroxylation is 1. The molecule has 2 amide bonds. The highest BCUT2D eigenvalue weighted by atomic mass is 16.2. The molecule has 0 aromatic heterocycles. The maximum atomic E-state index is 12.5. The summed E-state index contributed by atoms with van der Waals surface area (Å²) in [6.07, 6.45) is 2.35. The van der Waals surface area contributed by atoms with Crippen LogP contribution in [0.4, 0.5) is 5.69 Å². The fourth-order valence-corrected chi connectivity index (χ4v) is 4.09. The number of carbonyl (C=O) groups is 2. The minimum atomic E-state index is 0.0283. The molecule has 6 heteroatoms. The smallest absolute Gasteiger partial charge is 0.238 e. The molecule has 2 fully saturated rings. The first-order valence-electron chi connectivity index (χ1n) is 10.5. The minimum absolute atomic E-state index is 0.0283. The number of nitrogens with zero attached hydrogens (tertiary/aromatic N) is 3. The molecule has 28 heavy (non-hydrogen) atoms. The number of rotatable bonds is 5. The summed E-state index contributed by atoms with van der Waals surface area (Å²) in [6.45, 7) is 12.3. The second-order valence-electron chi connectivity index (χ2n) is 8.44. The third kappa shape index (κ3) is 5.55. The van der Waals surface area contributed by atoms with Gasteiger partial charge in [-0.25, -0.2) is 0 Å². The van der Waals surface area contributed by atoms with Gasteiger partial charge in [-0.2, -0.15) is 0 Å². The zero-order valence-corrected chi connectivity index (χ0v) is 17.5. The van der Waals surface area contributed by atoms with Crippen LogP contribution in [0.15, 0.2) is 18.2 Å². The molecule has 2 heterocycles. The van der Waals surface area contributed by atoms with Crippen LogP contribution in [0.5, 0.6) is 0 Å². The van der Waals surface area contributed by atoms with Crippen molar-refractivity contribution in [2.75, 3.05) is 57.7 Å². The van der Waals surface area contributed by atoms with Gasteiger partial charge in [0, 0.05) is 45.0 Å². The van der Waals surface area contributed by atoms with Crippen molar-refractivity contribution < 1.29 is 9.59 Å². The number of carbonyl (C=O) groups excluding carboxylic acids is 2. The molecule has 0 aliphatic carbocycles. The molecule has 0 spiro atoms. The summed E-state index contributed by atoms with van der Waals surface area (Å²) in [7, 11) is 0. The maximum absolute atomic E-state index is 12.5. The second kappa shape index (κ2) is 9.52. The molecule has 6 nitrogen and oxygen atoms in total. The molecule has 2 aliphatic rings. The highest BCUT2D eigenvalue weighted by molar-refractivity contribution is 5.93. The van der Waals surface area contributed by atoms with Crippen LogP contribution in [0.3, 0.4) is 0 Å². The molecule has 1 aromatic rings. The molecule has 0 bridgehead atoms. The van der Waals surface area contributed by atoms with E-state index in [2.05, 4.69) is 35.0 Å². The molecular weight excluding hydrogens is 352 g/mol. The van der Waals surface area contributed by atoms with Crippen LogP contribution in [0.25, 0.3) is 0 Å². The Morgan fingerprint density at radius 2 is 1.71 bits per heavy atom. The van der Waals surface area contributed by atoms with E-state index in [4.69, 9.17) is 0 Å². The van der Waals surface area contributed by atoms with E-state index in [0.717, 1.165) is 56.9 Å². The number of piperidine rings is 1. The zero-order valence-electron chi connectivity index (χ0n) is 17.5. The summed E-state index contributed by atoms with van der Waals surface area (Å²) in [6, 6.07) is 5.97. The van der Waals surface area contributed by atoms with Crippen molar-refractivity contribution in [1.29, 1.82) is 0 Å². The number of benzene rings is 1. The van der Waals surface area contributed by atoms with Crippen LogP contribution < -0.4 is 5.32 Å². The number of hydrogen-bond acceptors (Lipinski definition) is 4. The van der Waals surface area contributed by atoms with Crippen molar-refractivity contribution in [1.82, 2.24) is 14.7 Å². The number of piperazine rings is 1. The lowest BCUT2D eigenvalue weighted by atomic mass is 10.0. The van der Waals surface area contributed by atoms with Gasteiger partial charge in [0.15, 0.2) is 0 Å². The maximum Gasteiger partial charge on any atom is 0.238 e. The monoisotopic (exact) mass is 386 g/mol. The number of nitrogens with one attached hydrogen (secondary N) is 1. The van der Waals surface area contributed by atoms with E-state index in [9.17, 15) is 9.59 Å². The molecule has 0 unspecified atom stereocenters. The van der Waals surface area contributed by atoms with Gasteiger partial charge in [-0.15, -0.1) is 0 Å². The highest BCUT2D eigenvalue weighted by Crippen LogP contribution is 2.18. The summed E-state index contributed by atoms with van der Waals surface area (Å²) in [5.41, 5.74) is 3.19. The van der Waals surface area contributed by atoms with Gasteiger partial charge < -0.3 is 10.2 Å². The van der Waals surface area contributed by atoms with Crippen LogP contribution in [0.1, 0.15) is 30.9 Å².